The molecule has 0 aromatic heterocycles. The summed E-state index contributed by atoms with van der Waals surface area (Å²) in [5.41, 5.74) is 1.21. The van der Waals surface area contributed by atoms with Gasteiger partial charge in [0.15, 0.2) is 18.2 Å². The molecule has 6 heteroatoms. The van der Waals surface area contributed by atoms with Gasteiger partial charge in [0.25, 0.3) is 5.91 Å². The molecule has 0 heterocycles. The van der Waals surface area contributed by atoms with E-state index in [0.717, 1.165) is 12.1 Å². The lowest BCUT2D eigenvalue weighted by Gasteiger charge is -2.12. The third-order valence-corrected chi connectivity index (χ3v) is 3.51. The highest BCUT2D eigenvalue weighted by Crippen LogP contribution is 2.22. The fourth-order valence-corrected chi connectivity index (χ4v) is 2.16. The summed E-state index contributed by atoms with van der Waals surface area (Å²) in [6.45, 7) is 1.97. The lowest BCUT2D eigenvalue weighted by atomic mass is 10.1. The van der Waals surface area contributed by atoms with Gasteiger partial charge in [-0.05, 0) is 37.3 Å². The highest BCUT2D eigenvalue weighted by atomic mass is 19.2. The number of hydrogen-bond acceptors (Lipinski definition) is 2. The molecule has 1 atom stereocenters. The maximum Gasteiger partial charge on any atom is 0.279 e. The number of methoxy groups -OCH3 is 1. The van der Waals surface area contributed by atoms with Crippen LogP contribution in [0.4, 0.5) is 14.5 Å². The summed E-state index contributed by atoms with van der Waals surface area (Å²) in [6, 6.07) is 10.7. The number of carbonyl (C=O) groups is 1. The number of anilines is 1. The first-order valence-electron chi connectivity index (χ1n) is 7.22. The van der Waals surface area contributed by atoms with E-state index in [-0.39, 0.29) is 18.5 Å². The zero-order valence-electron chi connectivity index (χ0n) is 13.0. The van der Waals surface area contributed by atoms with Gasteiger partial charge in [0, 0.05) is 5.56 Å². The highest BCUT2D eigenvalue weighted by Gasteiger charge is 2.14. The largest absolute Gasteiger partial charge is 0.495 e. The Morgan fingerprint density at radius 3 is 2.65 bits per heavy atom. The third kappa shape index (κ3) is 4.50. The van der Waals surface area contributed by atoms with E-state index in [1.165, 1.54) is 13.2 Å². The minimum Gasteiger partial charge on any atom is -0.495 e. The van der Waals surface area contributed by atoms with Crippen LogP contribution in [-0.2, 0) is 4.79 Å². The second-order valence-corrected chi connectivity index (χ2v) is 5.15. The van der Waals surface area contributed by atoms with Crippen LogP contribution >= 0.6 is 0 Å². The monoisotopic (exact) mass is 321 g/mol. The summed E-state index contributed by atoms with van der Waals surface area (Å²) in [7, 11) is 1.53. The van der Waals surface area contributed by atoms with Gasteiger partial charge < -0.3 is 15.4 Å². The molecule has 1 amide bonds. The predicted molar refractivity (Wildman–Crippen MR) is 83.2 cm³/mol. The van der Waals surface area contributed by atoms with E-state index < -0.39 is 11.6 Å². The fourth-order valence-electron chi connectivity index (χ4n) is 2.16. The smallest absolute Gasteiger partial charge is 0.279 e. The summed E-state index contributed by atoms with van der Waals surface area (Å²) < 4.78 is 31.3. The van der Waals surface area contributed by atoms with Crippen molar-refractivity contribution in [3.8, 4) is 5.75 Å². The van der Waals surface area contributed by atoms with Crippen LogP contribution in [0.3, 0.4) is 0 Å². The topological polar surface area (TPSA) is 54.9 Å². The Balaban J connectivity index is 1.92. The van der Waals surface area contributed by atoms with Crippen LogP contribution in [0.15, 0.2) is 42.5 Å². The fraction of sp³-hybridized carbons (Fsp3) is 0.235. The number of para-hydroxylation sites is 2. The average molecular weight is 321 g/mol. The Labute approximate surface area is 133 Å². The maximum absolute atomic E-state index is 13.2. The zero-order chi connectivity index (χ0) is 16.8. The second kappa shape index (κ2) is 7.69. The predicted octanol–water partition coefficient (Wildman–Crippen LogP) is 2.24. The number of carbonyl (C=O) groups excluding carboxylic acids is 1. The number of halogens is 2. The quantitative estimate of drug-likeness (QED) is 0.857. The van der Waals surface area contributed by atoms with Gasteiger partial charge in [0.1, 0.15) is 11.8 Å². The molecule has 4 nitrogen and oxygen atoms in total. The Bertz CT molecular complexity index is 692. The van der Waals surface area contributed by atoms with Gasteiger partial charge in [-0.15, -0.1) is 0 Å². The van der Waals surface area contributed by atoms with Crippen molar-refractivity contribution in [2.75, 3.05) is 19.0 Å². The molecule has 0 aliphatic rings. The lowest BCUT2D eigenvalue weighted by molar-refractivity contribution is -0.682. The standard InChI is InChI=1S/C17H18F2N2O2/c1-11(12-7-8-13(18)14(19)9-12)20-10-17(22)21-15-5-3-4-6-16(15)23-2/h3-9,11,20H,10H2,1-2H3,(H,21,22)/p+1/t11-/m1/s1. The van der Waals surface area contributed by atoms with E-state index in [2.05, 4.69) is 5.32 Å². The van der Waals surface area contributed by atoms with Crippen LogP contribution in [-0.4, -0.2) is 19.6 Å². The Kier molecular flexibility index (Phi) is 5.65. The molecule has 2 rings (SSSR count). The van der Waals surface area contributed by atoms with E-state index in [9.17, 15) is 13.6 Å². The van der Waals surface area contributed by atoms with Gasteiger partial charge in [0.05, 0.1) is 12.8 Å². The number of nitrogens with one attached hydrogen (secondary N) is 1. The number of amides is 1. The van der Waals surface area contributed by atoms with Gasteiger partial charge in [-0.25, -0.2) is 8.78 Å². The van der Waals surface area contributed by atoms with Crippen molar-refractivity contribution in [3.05, 3.63) is 59.7 Å². The van der Waals surface area contributed by atoms with Crippen LogP contribution in [0.5, 0.6) is 5.75 Å². The molecular formula is C17H19F2N2O2+. The van der Waals surface area contributed by atoms with Crippen LogP contribution in [0.1, 0.15) is 18.5 Å². The first kappa shape index (κ1) is 16.9. The van der Waals surface area contributed by atoms with Gasteiger partial charge in [0.2, 0.25) is 0 Å². The van der Waals surface area contributed by atoms with Crippen molar-refractivity contribution in [2.45, 2.75) is 13.0 Å². The number of benzene rings is 2. The number of ether oxygens (including phenoxy) is 1. The van der Waals surface area contributed by atoms with E-state index in [4.69, 9.17) is 4.74 Å². The van der Waals surface area contributed by atoms with E-state index in [0.29, 0.717) is 17.0 Å². The SMILES string of the molecule is COc1ccccc1NC(=O)C[NH2+][C@H](C)c1ccc(F)c(F)c1. The Morgan fingerprint density at radius 1 is 1.22 bits per heavy atom. The van der Waals surface area contributed by atoms with Crippen molar-refractivity contribution in [1.82, 2.24) is 0 Å². The van der Waals surface area contributed by atoms with Crippen LogP contribution in [0, 0.1) is 11.6 Å². The average Bonchev–Trinajstić information content (AvgIpc) is 2.55. The lowest BCUT2D eigenvalue weighted by Crippen LogP contribution is -2.86. The molecule has 23 heavy (non-hydrogen) atoms. The van der Waals surface area contributed by atoms with Crippen molar-refractivity contribution in [3.63, 3.8) is 0 Å². The molecule has 0 saturated carbocycles. The Morgan fingerprint density at radius 2 is 1.96 bits per heavy atom. The highest BCUT2D eigenvalue weighted by molar-refractivity contribution is 5.92. The molecule has 0 aliphatic carbocycles. The molecular weight excluding hydrogens is 302 g/mol. The summed E-state index contributed by atoms with van der Waals surface area (Å²) in [5.74, 6) is -1.39. The maximum atomic E-state index is 13.2. The van der Waals surface area contributed by atoms with Gasteiger partial charge in [-0.3, -0.25) is 4.79 Å². The van der Waals surface area contributed by atoms with Crippen molar-refractivity contribution in [1.29, 1.82) is 0 Å². The molecule has 2 aromatic rings. The van der Waals surface area contributed by atoms with Crippen molar-refractivity contribution < 1.29 is 23.6 Å². The first-order valence-corrected chi connectivity index (χ1v) is 7.22. The number of quaternary nitrogens is 1. The van der Waals surface area contributed by atoms with E-state index in [1.807, 2.05) is 13.0 Å². The van der Waals surface area contributed by atoms with Gasteiger partial charge >= 0.3 is 0 Å². The summed E-state index contributed by atoms with van der Waals surface area (Å²) in [4.78, 5) is 12.0. The molecule has 0 unspecified atom stereocenters. The minimum atomic E-state index is -0.888. The Hall–Kier alpha value is -2.47. The van der Waals surface area contributed by atoms with E-state index in [1.54, 1.807) is 23.5 Å². The van der Waals surface area contributed by atoms with Crippen LogP contribution in [0.2, 0.25) is 0 Å². The molecule has 0 radical (unpaired) electrons. The summed E-state index contributed by atoms with van der Waals surface area (Å²) in [5, 5.41) is 4.51. The molecule has 0 aliphatic heterocycles. The minimum absolute atomic E-state index is 0.151. The summed E-state index contributed by atoms with van der Waals surface area (Å²) in [6.07, 6.45) is 0. The number of rotatable bonds is 6. The molecule has 0 spiro atoms. The van der Waals surface area contributed by atoms with Crippen molar-refractivity contribution in [2.24, 2.45) is 0 Å². The molecule has 3 N–H and O–H groups in total. The second-order valence-electron chi connectivity index (χ2n) is 5.15. The molecule has 122 valence electrons. The van der Waals surface area contributed by atoms with Gasteiger partial charge in [-0.2, -0.15) is 0 Å². The first-order chi connectivity index (χ1) is 11.0. The zero-order valence-corrected chi connectivity index (χ0v) is 13.0. The molecule has 2 aromatic carbocycles. The number of hydrogen-bond donors (Lipinski definition) is 2. The van der Waals surface area contributed by atoms with E-state index >= 15 is 0 Å². The van der Waals surface area contributed by atoms with Crippen molar-refractivity contribution >= 4 is 11.6 Å². The molecule has 0 fully saturated rings. The number of nitrogens with two attached hydrogens (primary N) is 1. The van der Waals surface area contributed by atoms with Crippen LogP contribution < -0.4 is 15.4 Å². The van der Waals surface area contributed by atoms with Crippen LogP contribution in [0.25, 0.3) is 0 Å². The molecule has 0 saturated heterocycles. The molecule has 0 bridgehead atoms. The summed E-state index contributed by atoms with van der Waals surface area (Å²) >= 11 is 0. The third-order valence-electron chi connectivity index (χ3n) is 3.51. The normalized spacial score (nSPS) is 11.8. The van der Waals surface area contributed by atoms with Gasteiger partial charge in [-0.1, -0.05) is 12.1 Å².